The lowest BCUT2D eigenvalue weighted by Crippen LogP contribution is -2.33. The third-order valence-corrected chi connectivity index (χ3v) is 5.95. The van der Waals surface area contributed by atoms with E-state index in [0.29, 0.717) is 43.0 Å². The van der Waals surface area contributed by atoms with E-state index < -0.39 is 11.9 Å². The van der Waals surface area contributed by atoms with Crippen molar-refractivity contribution in [2.45, 2.75) is 40.7 Å². The summed E-state index contributed by atoms with van der Waals surface area (Å²) in [6, 6.07) is 12.1. The molecule has 0 bridgehead atoms. The summed E-state index contributed by atoms with van der Waals surface area (Å²) in [5.74, 6) is -1.19. The predicted octanol–water partition coefficient (Wildman–Crippen LogP) is 3.61. The molecule has 192 valence electrons. The fraction of sp³-hybridized carbons (Fsp3) is 0.321. The smallest absolute Gasteiger partial charge is 0.341 e. The number of esters is 1. The Bertz CT molecular complexity index is 1620. The Kier molecular flexibility index (Phi) is 7.93. The molecule has 0 saturated heterocycles. The average molecular weight is 503 g/mol. The second-order valence-electron chi connectivity index (χ2n) is 8.63. The summed E-state index contributed by atoms with van der Waals surface area (Å²) in [5, 5.41) is 0.226. The molecule has 9 nitrogen and oxygen atoms in total. The maximum absolute atomic E-state index is 13.5. The van der Waals surface area contributed by atoms with Crippen LogP contribution in [0, 0.1) is 13.8 Å². The summed E-state index contributed by atoms with van der Waals surface area (Å²) in [6.45, 7) is 8.80. The number of amides is 1. The third-order valence-electron chi connectivity index (χ3n) is 5.95. The molecule has 0 radical (unpaired) electrons. The van der Waals surface area contributed by atoms with E-state index in [2.05, 4.69) is 4.99 Å². The van der Waals surface area contributed by atoms with E-state index in [0.717, 1.165) is 11.1 Å². The van der Waals surface area contributed by atoms with Crippen LogP contribution < -0.4 is 11.0 Å². The van der Waals surface area contributed by atoms with Crippen molar-refractivity contribution in [2.24, 2.45) is 4.99 Å². The minimum absolute atomic E-state index is 0.0262. The molecule has 1 amide bonds. The Balaban J connectivity index is 2.09. The standard InChI is InChI=1S/C28H30N4O5/c1-5-36-15-9-14-31-24-21(27(34)32-13-8-11-19(4)23(32)29-24)17-22(28(35)37-6-2)25(31)30-26(33)20-12-7-10-18(3)16-20/h7-8,10-13,16-17H,5-6,9,14-15H2,1-4H3. The lowest BCUT2D eigenvalue weighted by Gasteiger charge is -2.15. The maximum atomic E-state index is 13.5. The van der Waals surface area contributed by atoms with Crippen molar-refractivity contribution in [3.8, 4) is 0 Å². The monoisotopic (exact) mass is 502 g/mol. The van der Waals surface area contributed by atoms with Gasteiger partial charge in [-0.3, -0.25) is 14.0 Å². The van der Waals surface area contributed by atoms with Gasteiger partial charge in [-0.05, 0) is 63.9 Å². The Morgan fingerprint density at radius 2 is 1.84 bits per heavy atom. The minimum atomic E-state index is -0.674. The number of benzene rings is 1. The van der Waals surface area contributed by atoms with Crippen LogP contribution in [0.25, 0.3) is 16.7 Å². The van der Waals surface area contributed by atoms with Gasteiger partial charge in [-0.2, -0.15) is 4.99 Å². The fourth-order valence-corrected chi connectivity index (χ4v) is 4.19. The van der Waals surface area contributed by atoms with Gasteiger partial charge in [-0.25, -0.2) is 9.78 Å². The van der Waals surface area contributed by atoms with E-state index in [1.807, 2.05) is 32.9 Å². The van der Waals surface area contributed by atoms with E-state index in [9.17, 15) is 14.4 Å². The predicted molar refractivity (Wildman–Crippen MR) is 140 cm³/mol. The number of ether oxygens (including phenoxy) is 2. The highest BCUT2D eigenvalue weighted by Crippen LogP contribution is 2.14. The van der Waals surface area contributed by atoms with Gasteiger partial charge in [0.25, 0.3) is 11.5 Å². The zero-order chi connectivity index (χ0) is 26.5. The van der Waals surface area contributed by atoms with Crippen LogP contribution in [0.2, 0.25) is 0 Å². The summed E-state index contributed by atoms with van der Waals surface area (Å²) in [7, 11) is 0. The zero-order valence-electron chi connectivity index (χ0n) is 21.5. The van der Waals surface area contributed by atoms with Gasteiger partial charge in [0.2, 0.25) is 0 Å². The summed E-state index contributed by atoms with van der Waals surface area (Å²) in [4.78, 5) is 49.0. The average Bonchev–Trinajstić information content (AvgIpc) is 2.88. The van der Waals surface area contributed by atoms with E-state index in [-0.39, 0.29) is 28.6 Å². The Morgan fingerprint density at radius 1 is 1.03 bits per heavy atom. The van der Waals surface area contributed by atoms with Gasteiger partial charge >= 0.3 is 5.97 Å². The minimum Gasteiger partial charge on any atom is -0.462 e. The second-order valence-corrected chi connectivity index (χ2v) is 8.63. The lowest BCUT2D eigenvalue weighted by molar-refractivity contribution is 0.0523. The molecule has 0 N–H and O–H groups in total. The van der Waals surface area contributed by atoms with Crippen LogP contribution in [0.3, 0.4) is 0 Å². The largest absolute Gasteiger partial charge is 0.462 e. The number of aromatic nitrogens is 3. The molecule has 0 spiro atoms. The van der Waals surface area contributed by atoms with E-state index in [4.69, 9.17) is 14.5 Å². The number of aryl methyl sites for hydroxylation is 3. The summed E-state index contributed by atoms with van der Waals surface area (Å²) in [5.41, 5.74) is 2.72. The summed E-state index contributed by atoms with van der Waals surface area (Å²) in [6.07, 6.45) is 2.19. The Labute approximate surface area is 214 Å². The molecule has 4 aromatic rings. The maximum Gasteiger partial charge on any atom is 0.341 e. The SMILES string of the molecule is CCOCCCn1c(=NC(=O)c2cccc(C)c2)c(C(=O)OCC)cc2c(=O)n3cccc(C)c3nc21. The van der Waals surface area contributed by atoms with Gasteiger partial charge in [0.15, 0.2) is 5.49 Å². The van der Waals surface area contributed by atoms with Crippen LogP contribution in [-0.2, 0) is 16.0 Å². The molecule has 0 aliphatic rings. The van der Waals surface area contributed by atoms with Crippen molar-refractivity contribution in [3.63, 3.8) is 0 Å². The molecule has 0 unspecified atom stereocenters. The normalized spacial score (nSPS) is 11.8. The molecule has 0 aliphatic heterocycles. The van der Waals surface area contributed by atoms with Crippen molar-refractivity contribution < 1.29 is 19.1 Å². The molecule has 0 aliphatic carbocycles. The van der Waals surface area contributed by atoms with Gasteiger partial charge in [0.05, 0.1) is 12.0 Å². The molecular formula is C28H30N4O5. The molecule has 1 aromatic carbocycles. The van der Waals surface area contributed by atoms with Crippen LogP contribution in [-0.4, -0.2) is 45.6 Å². The second kappa shape index (κ2) is 11.3. The van der Waals surface area contributed by atoms with Crippen LogP contribution in [0.4, 0.5) is 0 Å². The third kappa shape index (κ3) is 5.36. The van der Waals surface area contributed by atoms with Crippen molar-refractivity contribution in [1.82, 2.24) is 14.0 Å². The quantitative estimate of drug-likeness (QED) is 0.207. The number of carbonyl (C=O) groups is 2. The van der Waals surface area contributed by atoms with Gasteiger partial charge in [-0.1, -0.05) is 23.8 Å². The first-order valence-corrected chi connectivity index (χ1v) is 12.3. The van der Waals surface area contributed by atoms with Crippen LogP contribution >= 0.6 is 0 Å². The van der Waals surface area contributed by atoms with Crippen LogP contribution in [0.5, 0.6) is 0 Å². The van der Waals surface area contributed by atoms with Crippen molar-refractivity contribution in [2.75, 3.05) is 19.8 Å². The number of nitrogens with zero attached hydrogens (tertiary/aromatic N) is 4. The van der Waals surface area contributed by atoms with Gasteiger partial charge in [0, 0.05) is 31.5 Å². The number of hydrogen-bond donors (Lipinski definition) is 0. The number of rotatable bonds is 8. The van der Waals surface area contributed by atoms with Crippen molar-refractivity contribution in [3.05, 3.63) is 86.8 Å². The molecule has 9 heteroatoms. The topological polar surface area (TPSA) is 104 Å². The van der Waals surface area contributed by atoms with Crippen LogP contribution in [0.15, 0.2) is 58.4 Å². The van der Waals surface area contributed by atoms with Crippen molar-refractivity contribution >= 4 is 28.6 Å². The number of carbonyl (C=O) groups excluding carboxylic acids is 2. The molecule has 0 fully saturated rings. The molecule has 37 heavy (non-hydrogen) atoms. The Morgan fingerprint density at radius 3 is 2.57 bits per heavy atom. The molecule has 0 saturated carbocycles. The van der Waals surface area contributed by atoms with Gasteiger partial charge in [0.1, 0.15) is 16.9 Å². The van der Waals surface area contributed by atoms with Crippen LogP contribution in [0.1, 0.15) is 52.1 Å². The number of hydrogen-bond acceptors (Lipinski definition) is 6. The van der Waals surface area contributed by atoms with Gasteiger partial charge in [-0.15, -0.1) is 0 Å². The van der Waals surface area contributed by atoms with E-state index >= 15 is 0 Å². The molecular weight excluding hydrogens is 472 g/mol. The first-order chi connectivity index (χ1) is 17.8. The lowest BCUT2D eigenvalue weighted by atomic mass is 10.1. The van der Waals surface area contributed by atoms with Crippen molar-refractivity contribution in [1.29, 1.82) is 0 Å². The van der Waals surface area contributed by atoms with E-state index in [1.165, 1.54) is 10.5 Å². The summed E-state index contributed by atoms with van der Waals surface area (Å²) >= 11 is 0. The summed E-state index contributed by atoms with van der Waals surface area (Å²) < 4.78 is 13.9. The number of fused-ring (bicyclic) bond motifs is 2. The highest BCUT2D eigenvalue weighted by Gasteiger charge is 2.20. The fourth-order valence-electron chi connectivity index (χ4n) is 4.19. The molecule has 0 atom stereocenters. The zero-order valence-corrected chi connectivity index (χ0v) is 21.5. The highest BCUT2D eigenvalue weighted by atomic mass is 16.5. The highest BCUT2D eigenvalue weighted by molar-refractivity contribution is 5.97. The number of pyridine rings is 2. The first-order valence-electron chi connectivity index (χ1n) is 12.3. The molecule has 3 heterocycles. The first kappa shape index (κ1) is 26.0. The van der Waals surface area contributed by atoms with E-state index in [1.54, 1.807) is 42.0 Å². The van der Waals surface area contributed by atoms with Gasteiger partial charge < -0.3 is 14.0 Å². The Hall–Kier alpha value is -4.11. The molecule has 3 aromatic heterocycles. The molecule has 4 rings (SSSR count).